The van der Waals surface area contributed by atoms with Crippen LogP contribution in [-0.4, -0.2) is 33.0 Å². The summed E-state index contributed by atoms with van der Waals surface area (Å²) in [6.45, 7) is 9.47. The largest absolute Gasteiger partial charge is 0.355 e. The Morgan fingerprint density at radius 3 is 2.56 bits per heavy atom. The van der Waals surface area contributed by atoms with Gasteiger partial charge in [-0.15, -0.1) is 10.2 Å². The zero-order valence-corrected chi connectivity index (χ0v) is 16.3. The highest BCUT2D eigenvalue weighted by Crippen LogP contribution is 2.21. The normalized spacial score (nSPS) is 11.3. The monoisotopic (exact) mass is 360 g/mol. The summed E-state index contributed by atoms with van der Waals surface area (Å²) in [5.41, 5.74) is 2.31. The second kappa shape index (κ2) is 9.61. The van der Waals surface area contributed by atoms with Crippen LogP contribution in [0.25, 0.3) is 5.69 Å². The average Bonchev–Trinajstić information content (AvgIpc) is 3.05. The van der Waals surface area contributed by atoms with Crippen LogP contribution in [0.15, 0.2) is 35.7 Å². The minimum absolute atomic E-state index is 0.0402. The summed E-state index contributed by atoms with van der Waals surface area (Å²) >= 11 is 1.41. The molecule has 0 spiro atoms. The van der Waals surface area contributed by atoms with Crippen LogP contribution in [0.1, 0.15) is 52.0 Å². The Morgan fingerprint density at radius 2 is 1.92 bits per heavy atom. The van der Waals surface area contributed by atoms with Gasteiger partial charge in [0.1, 0.15) is 6.33 Å². The van der Waals surface area contributed by atoms with Crippen molar-refractivity contribution in [3.63, 3.8) is 0 Å². The number of aromatic nitrogens is 3. The van der Waals surface area contributed by atoms with Crippen molar-refractivity contribution in [2.45, 2.75) is 51.6 Å². The molecule has 0 fully saturated rings. The number of nitrogens with zero attached hydrogens (tertiary/aromatic N) is 3. The lowest BCUT2D eigenvalue weighted by Crippen LogP contribution is -2.26. The number of thioether (sulfide) groups is 1. The molecule has 0 radical (unpaired) electrons. The first kappa shape index (κ1) is 19.5. The van der Waals surface area contributed by atoms with Crippen LogP contribution >= 0.6 is 11.8 Å². The average molecular weight is 361 g/mol. The molecule has 0 saturated carbocycles. The van der Waals surface area contributed by atoms with Gasteiger partial charge >= 0.3 is 0 Å². The van der Waals surface area contributed by atoms with Crippen LogP contribution in [0, 0.1) is 5.92 Å². The second-order valence-electron chi connectivity index (χ2n) is 6.90. The van der Waals surface area contributed by atoms with E-state index in [-0.39, 0.29) is 5.91 Å². The topological polar surface area (TPSA) is 59.8 Å². The number of hydrogen-bond acceptors (Lipinski definition) is 4. The first-order chi connectivity index (χ1) is 12.0. The van der Waals surface area contributed by atoms with Crippen molar-refractivity contribution in [2.75, 3.05) is 12.3 Å². The highest BCUT2D eigenvalue weighted by molar-refractivity contribution is 7.99. The molecule has 1 heterocycles. The molecule has 2 aromatic rings. The summed E-state index contributed by atoms with van der Waals surface area (Å²) in [4.78, 5) is 12.0. The van der Waals surface area contributed by atoms with Crippen LogP contribution in [0.3, 0.4) is 0 Å². The molecular formula is C19H28N4OS. The number of amides is 1. The Labute approximate surface area is 154 Å². The molecule has 1 amide bonds. The Bertz CT molecular complexity index is 664. The minimum atomic E-state index is 0.0402. The van der Waals surface area contributed by atoms with Crippen molar-refractivity contribution in [3.8, 4) is 5.69 Å². The van der Waals surface area contributed by atoms with Gasteiger partial charge in [0.2, 0.25) is 5.91 Å². The van der Waals surface area contributed by atoms with Gasteiger partial charge in [0.25, 0.3) is 0 Å². The van der Waals surface area contributed by atoms with Crippen molar-refractivity contribution < 1.29 is 4.79 Å². The van der Waals surface area contributed by atoms with Crippen molar-refractivity contribution in [3.05, 3.63) is 36.2 Å². The lowest BCUT2D eigenvalue weighted by molar-refractivity contribution is -0.118. The summed E-state index contributed by atoms with van der Waals surface area (Å²) in [5.74, 6) is 1.57. The molecule has 0 aliphatic heterocycles. The molecule has 1 aromatic carbocycles. The molecule has 2 rings (SSSR count). The predicted molar refractivity (Wildman–Crippen MR) is 103 cm³/mol. The van der Waals surface area contributed by atoms with Gasteiger partial charge in [-0.1, -0.05) is 51.6 Å². The van der Waals surface area contributed by atoms with Gasteiger partial charge in [-0.25, -0.2) is 0 Å². The minimum Gasteiger partial charge on any atom is -0.355 e. The molecule has 136 valence electrons. The van der Waals surface area contributed by atoms with E-state index in [0.29, 0.717) is 17.6 Å². The first-order valence-corrected chi connectivity index (χ1v) is 9.85. The molecule has 1 aromatic heterocycles. The summed E-state index contributed by atoms with van der Waals surface area (Å²) in [6, 6.07) is 8.37. The molecule has 6 heteroatoms. The lowest BCUT2D eigenvalue weighted by Gasteiger charge is -2.09. The maximum absolute atomic E-state index is 12.0. The van der Waals surface area contributed by atoms with Crippen molar-refractivity contribution in [2.24, 2.45) is 5.92 Å². The van der Waals surface area contributed by atoms with Gasteiger partial charge in [-0.2, -0.15) is 0 Å². The van der Waals surface area contributed by atoms with Crippen molar-refractivity contribution in [1.82, 2.24) is 20.1 Å². The maximum atomic E-state index is 12.0. The fraction of sp³-hybridized carbons (Fsp3) is 0.526. The third-order valence-electron chi connectivity index (χ3n) is 3.97. The van der Waals surface area contributed by atoms with E-state index >= 15 is 0 Å². The zero-order valence-electron chi connectivity index (χ0n) is 15.5. The van der Waals surface area contributed by atoms with E-state index in [1.54, 1.807) is 6.33 Å². The van der Waals surface area contributed by atoms with Gasteiger partial charge in [0, 0.05) is 12.2 Å². The van der Waals surface area contributed by atoms with E-state index in [2.05, 4.69) is 67.5 Å². The Balaban J connectivity index is 1.88. The van der Waals surface area contributed by atoms with Gasteiger partial charge in [-0.05, 0) is 42.4 Å². The van der Waals surface area contributed by atoms with Gasteiger partial charge in [0.15, 0.2) is 5.16 Å². The maximum Gasteiger partial charge on any atom is 0.230 e. The molecule has 0 unspecified atom stereocenters. The smallest absolute Gasteiger partial charge is 0.230 e. The summed E-state index contributed by atoms with van der Waals surface area (Å²) in [6.07, 6.45) is 3.84. The van der Waals surface area contributed by atoms with Crippen LogP contribution in [0.4, 0.5) is 0 Å². The summed E-state index contributed by atoms with van der Waals surface area (Å²) in [7, 11) is 0. The van der Waals surface area contributed by atoms with E-state index in [0.717, 1.165) is 30.2 Å². The number of hydrogen-bond donors (Lipinski definition) is 1. The molecule has 0 bridgehead atoms. The van der Waals surface area contributed by atoms with E-state index in [4.69, 9.17) is 0 Å². The highest BCUT2D eigenvalue weighted by Gasteiger charge is 2.10. The lowest BCUT2D eigenvalue weighted by atomic mass is 10.0. The van der Waals surface area contributed by atoms with E-state index in [1.807, 2.05) is 4.57 Å². The third-order valence-corrected chi connectivity index (χ3v) is 4.91. The van der Waals surface area contributed by atoms with Crippen LogP contribution in [0.5, 0.6) is 0 Å². The first-order valence-electron chi connectivity index (χ1n) is 8.87. The number of benzene rings is 1. The molecule has 5 nitrogen and oxygen atoms in total. The van der Waals surface area contributed by atoms with E-state index < -0.39 is 0 Å². The summed E-state index contributed by atoms with van der Waals surface area (Å²) in [5, 5.41) is 11.8. The van der Waals surface area contributed by atoms with Gasteiger partial charge < -0.3 is 5.32 Å². The molecule has 25 heavy (non-hydrogen) atoms. The molecular weight excluding hydrogens is 332 g/mol. The van der Waals surface area contributed by atoms with E-state index in [1.165, 1.54) is 17.3 Å². The van der Waals surface area contributed by atoms with Gasteiger partial charge in [0.05, 0.1) is 5.75 Å². The van der Waals surface area contributed by atoms with Crippen LogP contribution < -0.4 is 5.32 Å². The Morgan fingerprint density at radius 1 is 1.20 bits per heavy atom. The summed E-state index contributed by atoms with van der Waals surface area (Å²) < 4.78 is 1.92. The third kappa shape index (κ3) is 6.20. The molecule has 0 saturated heterocycles. The number of nitrogens with one attached hydrogen (secondary N) is 1. The van der Waals surface area contributed by atoms with E-state index in [9.17, 15) is 4.79 Å². The highest BCUT2D eigenvalue weighted by atomic mass is 32.2. The number of carbonyl (C=O) groups is 1. The molecule has 0 atom stereocenters. The fourth-order valence-electron chi connectivity index (χ4n) is 2.44. The predicted octanol–water partition coefficient (Wildman–Crippen LogP) is 4.04. The zero-order chi connectivity index (χ0) is 18.2. The second-order valence-corrected chi connectivity index (χ2v) is 7.85. The molecule has 1 N–H and O–H groups in total. The van der Waals surface area contributed by atoms with Crippen molar-refractivity contribution in [1.29, 1.82) is 0 Å². The van der Waals surface area contributed by atoms with Gasteiger partial charge in [-0.3, -0.25) is 9.36 Å². The molecule has 0 aliphatic carbocycles. The number of rotatable bonds is 9. The van der Waals surface area contributed by atoms with Crippen LogP contribution in [0.2, 0.25) is 0 Å². The SMILES string of the molecule is CC(C)CCCNC(=O)CSc1nncn1-c1ccc(C(C)C)cc1. The number of carbonyl (C=O) groups excluding carboxylic acids is 1. The Kier molecular flexibility index (Phi) is 7.50. The fourth-order valence-corrected chi connectivity index (χ4v) is 3.20. The molecule has 0 aliphatic rings. The van der Waals surface area contributed by atoms with Crippen LogP contribution in [-0.2, 0) is 4.79 Å². The quantitative estimate of drug-likeness (QED) is 0.542. The Hall–Kier alpha value is -1.82. The standard InChI is InChI=1S/C19H28N4OS/c1-14(2)6-5-11-20-18(24)12-25-19-22-21-13-23(19)17-9-7-16(8-10-17)15(3)4/h7-10,13-15H,5-6,11-12H2,1-4H3,(H,20,24). The van der Waals surface area contributed by atoms with Crippen molar-refractivity contribution >= 4 is 17.7 Å².